The highest BCUT2D eigenvalue weighted by molar-refractivity contribution is 8.18. The molecule has 212 valence electrons. The SMILES string of the molecule is CCOc1cc(/C=C2\SC(=Nc3ccccc3)N(Cc3ccc(C(=O)O)cc3)C2=O)ccc1OCc1ccccc1Cl. The van der Waals surface area contributed by atoms with E-state index < -0.39 is 5.97 Å². The molecule has 5 rings (SSSR count). The zero-order valence-electron chi connectivity index (χ0n) is 22.7. The van der Waals surface area contributed by atoms with E-state index in [2.05, 4.69) is 0 Å². The summed E-state index contributed by atoms with van der Waals surface area (Å²) in [4.78, 5) is 31.8. The molecule has 0 bridgehead atoms. The summed E-state index contributed by atoms with van der Waals surface area (Å²) in [6, 6.07) is 28.9. The molecule has 0 radical (unpaired) electrons. The molecule has 42 heavy (non-hydrogen) atoms. The number of para-hydroxylation sites is 1. The lowest BCUT2D eigenvalue weighted by atomic mass is 10.1. The molecule has 1 N–H and O–H groups in total. The minimum absolute atomic E-state index is 0.184. The van der Waals surface area contributed by atoms with Crippen LogP contribution in [0.1, 0.15) is 34.0 Å². The summed E-state index contributed by atoms with van der Waals surface area (Å²) in [5.74, 6) is -0.0726. The van der Waals surface area contributed by atoms with Crippen molar-refractivity contribution in [1.29, 1.82) is 0 Å². The van der Waals surface area contributed by atoms with Gasteiger partial charge in [-0.1, -0.05) is 66.2 Å². The van der Waals surface area contributed by atoms with Crippen molar-refractivity contribution >= 4 is 52.2 Å². The number of carboxylic acids is 1. The Kier molecular flexibility index (Phi) is 9.26. The second-order valence-corrected chi connectivity index (χ2v) is 10.7. The predicted molar refractivity (Wildman–Crippen MR) is 166 cm³/mol. The smallest absolute Gasteiger partial charge is 0.335 e. The Bertz CT molecular complexity index is 1660. The molecule has 0 atom stereocenters. The van der Waals surface area contributed by atoms with Gasteiger partial charge in [0.05, 0.1) is 29.3 Å². The first kappa shape index (κ1) is 29.0. The molecule has 0 spiro atoms. The van der Waals surface area contributed by atoms with E-state index in [1.54, 1.807) is 23.1 Å². The van der Waals surface area contributed by atoms with Crippen LogP contribution in [-0.2, 0) is 17.9 Å². The van der Waals surface area contributed by atoms with E-state index >= 15 is 0 Å². The average Bonchev–Trinajstić information content (AvgIpc) is 3.27. The second-order valence-electron chi connectivity index (χ2n) is 9.25. The van der Waals surface area contributed by atoms with Crippen LogP contribution < -0.4 is 9.47 Å². The van der Waals surface area contributed by atoms with Crippen molar-refractivity contribution in [3.8, 4) is 11.5 Å². The van der Waals surface area contributed by atoms with Gasteiger partial charge in [0.15, 0.2) is 16.7 Å². The molecule has 1 amide bonds. The van der Waals surface area contributed by atoms with Gasteiger partial charge in [0, 0.05) is 10.6 Å². The number of carbonyl (C=O) groups is 2. The third kappa shape index (κ3) is 7.02. The molecule has 1 fully saturated rings. The Hall–Kier alpha value is -4.53. The maximum atomic E-state index is 13.7. The number of benzene rings is 4. The maximum Gasteiger partial charge on any atom is 0.335 e. The molecule has 1 aliphatic heterocycles. The summed E-state index contributed by atoms with van der Waals surface area (Å²) in [7, 11) is 0. The molecule has 1 aliphatic rings. The first-order valence-electron chi connectivity index (χ1n) is 13.2. The van der Waals surface area contributed by atoms with Crippen molar-refractivity contribution in [3.63, 3.8) is 0 Å². The van der Waals surface area contributed by atoms with Crippen molar-refractivity contribution in [2.45, 2.75) is 20.1 Å². The number of aromatic carboxylic acids is 1. The standard InChI is InChI=1S/C33H27ClN2O5S/c1-2-40-29-18-23(14-17-28(29)41-21-25-8-6-7-11-27(25)34)19-30-31(37)36(20-22-12-15-24(16-13-22)32(38)39)33(42-30)35-26-9-4-3-5-10-26/h3-19H,2,20-21H2,1H3,(H,38,39)/b30-19-,35-33?. The summed E-state index contributed by atoms with van der Waals surface area (Å²) in [6.45, 7) is 2.87. The van der Waals surface area contributed by atoms with Gasteiger partial charge in [-0.2, -0.15) is 0 Å². The Morgan fingerprint density at radius 1 is 0.952 bits per heavy atom. The Morgan fingerprint density at radius 2 is 1.69 bits per heavy atom. The van der Waals surface area contributed by atoms with Crippen molar-refractivity contribution in [3.05, 3.63) is 129 Å². The number of rotatable bonds is 10. The molecule has 0 unspecified atom stereocenters. The molecule has 1 saturated heterocycles. The molecule has 4 aromatic carbocycles. The fourth-order valence-corrected chi connectivity index (χ4v) is 5.39. The van der Waals surface area contributed by atoms with Crippen LogP contribution in [0.15, 0.2) is 107 Å². The van der Waals surface area contributed by atoms with Gasteiger partial charge in [-0.25, -0.2) is 9.79 Å². The van der Waals surface area contributed by atoms with Gasteiger partial charge in [0.25, 0.3) is 5.91 Å². The zero-order chi connectivity index (χ0) is 29.5. The molecular weight excluding hydrogens is 572 g/mol. The number of ether oxygens (including phenoxy) is 2. The van der Waals surface area contributed by atoms with Gasteiger partial charge in [-0.15, -0.1) is 0 Å². The summed E-state index contributed by atoms with van der Waals surface area (Å²) in [5, 5.41) is 10.4. The lowest BCUT2D eigenvalue weighted by molar-refractivity contribution is -0.122. The van der Waals surface area contributed by atoms with Crippen LogP contribution in [0, 0.1) is 0 Å². The number of thioether (sulfide) groups is 1. The summed E-state index contributed by atoms with van der Waals surface area (Å²) in [6.07, 6.45) is 1.81. The van der Waals surface area contributed by atoms with Crippen molar-refractivity contribution in [2.75, 3.05) is 6.61 Å². The van der Waals surface area contributed by atoms with E-state index in [9.17, 15) is 14.7 Å². The Morgan fingerprint density at radius 3 is 2.40 bits per heavy atom. The number of nitrogens with zero attached hydrogens (tertiary/aromatic N) is 2. The number of hydrogen-bond donors (Lipinski definition) is 1. The topological polar surface area (TPSA) is 88.4 Å². The number of carbonyl (C=O) groups excluding carboxylic acids is 1. The van der Waals surface area contributed by atoms with Crippen LogP contribution in [-0.4, -0.2) is 33.7 Å². The van der Waals surface area contributed by atoms with Gasteiger partial charge in [-0.3, -0.25) is 9.69 Å². The number of amidine groups is 1. The summed E-state index contributed by atoms with van der Waals surface area (Å²) >= 11 is 7.56. The number of amides is 1. The Balaban J connectivity index is 1.42. The van der Waals surface area contributed by atoms with Crippen LogP contribution in [0.25, 0.3) is 6.08 Å². The number of hydrogen-bond acceptors (Lipinski definition) is 6. The normalized spacial score (nSPS) is 14.9. The van der Waals surface area contributed by atoms with E-state index in [1.165, 1.54) is 23.9 Å². The largest absolute Gasteiger partial charge is 0.490 e. The van der Waals surface area contributed by atoms with Crippen molar-refractivity contribution in [1.82, 2.24) is 4.90 Å². The van der Waals surface area contributed by atoms with Gasteiger partial charge in [0.2, 0.25) is 0 Å². The highest BCUT2D eigenvalue weighted by Crippen LogP contribution is 2.37. The van der Waals surface area contributed by atoms with Crippen LogP contribution in [0.2, 0.25) is 5.02 Å². The summed E-state index contributed by atoms with van der Waals surface area (Å²) < 4.78 is 11.9. The molecule has 7 nitrogen and oxygen atoms in total. The highest BCUT2D eigenvalue weighted by Gasteiger charge is 2.33. The second kappa shape index (κ2) is 13.4. The van der Waals surface area contributed by atoms with Gasteiger partial charge in [-0.05, 0) is 78.4 Å². The summed E-state index contributed by atoms with van der Waals surface area (Å²) in [5.41, 5.74) is 3.33. The van der Waals surface area contributed by atoms with Crippen LogP contribution in [0.3, 0.4) is 0 Å². The lowest BCUT2D eigenvalue weighted by Gasteiger charge is -2.16. The fraction of sp³-hybridized carbons (Fsp3) is 0.121. The van der Waals surface area contributed by atoms with E-state index in [0.29, 0.717) is 33.2 Å². The van der Waals surface area contributed by atoms with E-state index in [0.717, 1.165) is 22.4 Å². The van der Waals surface area contributed by atoms with Crippen LogP contribution in [0.4, 0.5) is 5.69 Å². The molecule has 0 aromatic heterocycles. The van der Waals surface area contributed by atoms with Crippen LogP contribution in [0.5, 0.6) is 11.5 Å². The number of aliphatic imine (C=N–C) groups is 1. The number of carboxylic acid groups (broad SMARTS) is 1. The number of halogens is 1. The van der Waals surface area contributed by atoms with Crippen molar-refractivity contribution < 1.29 is 24.2 Å². The molecule has 4 aromatic rings. The Labute approximate surface area is 253 Å². The monoisotopic (exact) mass is 598 g/mol. The van der Waals surface area contributed by atoms with E-state index in [4.69, 9.17) is 26.1 Å². The van der Waals surface area contributed by atoms with Crippen molar-refractivity contribution in [2.24, 2.45) is 4.99 Å². The third-order valence-electron chi connectivity index (χ3n) is 6.32. The molecule has 0 aliphatic carbocycles. The van der Waals surface area contributed by atoms with Gasteiger partial charge < -0.3 is 14.6 Å². The quantitative estimate of drug-likeness (QED) is 0.187. The lowest BCUT2D eigenvalue weighted by Crippen LogP contribution is -2.28. The minimum Gasteiger partial charge on any atom is -0.490 e. The van der Waals surface area contributed by atoms with Crippen LogP contribution >= 0.6 is 23.4 Å². The minimum atomic E-state index is -1.00. The third-order valence-corrected chi connectivity index (χ3v) is 7.69. The molecule has 1 heterocycles. The highest BCUT2D eigenvalue weighted by atomic mass is 35.5. The molecular formula is C33H27ClN2O5S. The maximum absolute atomic E-state index is 13.7. The fourth-order valence-electron chi connectivity index (χ4n) is 4.20. The predicted octanol–water partition coefficient (Wildman–Crippen LogP) is 7.82. The van der Waals surface area contributed by atoms with E-state index in [-0.39, 0.29) is 24.6 Å². The molecule has 0 saturated carbocycles. The zero-order valence-corrected chi connectivity index (χ0v) is 24.3. The molecule has 9 heteroatoms. The average molecular weight is 599 g/mol. The van der Waals surface area contributed by atoms with E-state index in [1.807, 2.05) is 79.7 Å². The first-order chi connectivity index (χ1) is 20.4. The first-order valence-corrected chi connectivity index (χ1v) is 14.4. The van der Waals surface area contributed by atoms with Gasteiger partial charge >= 0.3 is 5.97 Å². The van der Waals surface area contributed by atoms with Gasteiger partial charge in [0.1, 0.15) is 6.61 Å².